The minimum absolute atomic E-state index is 0.116. The van der Waals surface area contributed by atoms with Gasteiger partial charge in [-0.1, -0.05) is 42.5 Å². The van der Waals surface area contributed by atoms with Crippen LogP contribution in [0.2, 0.25) is 0 Å². The van der Waals surface area contributed by atoms with Crippen molar-refractivity contribution in [3.63, 3.8) is 0 Å². The molecular formula is C45H37N3O6. The molecule has 0 radical (unpaired) electrons. The first-order valence-electron chi connectivity index (χ1n) is 17.7. The standard InChI is InChI=1S/C45H37N3O6/c1-26-22-40-38(45(35-9-7-6-8-33(35)42(50)54-45)36-21-17-31(48(4)5)24-41(36)52-40)25-39(26)46-29-14-10-27(11-15-29)44(28-12-18-32(49)19-13-28)37-23-30(47(2)3)16-20-34(37)43(51)53-44/h6-25,46,49H,1-5H3. The number of aromatic hydroxyl groups is 1. The maximum atomic E-state index is 13.5. The molecule has 268 valence electrons. The number of nitrogens with one attached hydrogen (secondary N) is 1. The van der Waals surface area contributed by atoms with E-state index < -0.39 is 17.2 Å². The summed E-state index contributed by atoms with van der Waals surface area (Å²) in [6.07, 6.45) is 0. The summed E-state index contributed by atoms with van der Waals surface area (Å²) in [4.78, 5) is 30.9. The van der Waals surface area contributed by atoms with E-state index in [0.29, 0.717) is 33.8 Å². The molecule has 3 aliphatic rings. The van der Waals surface area contributed by atoms with Gasteiger partial charge in [-0.2, -0.15) is 0 Å². The fraction of sp³-hybridized carbons (Fsp3) is 0.156. The molecule has 6 aromatic carbocycles. The first-order chi connectivity index (χ1) is 26.0. The second kappa shape index (κ2) is 11.9. The van der Waals surface area contributed by atoms with E-state index in [0.717, 1.165) is 50.6 Å². The first-order valence-corrected chi connectivity index (χ1v) is 17.7. The molecule has 2 unspecified atom stereocenters. The number of phenols is 1. The first kappa shape index (κ1) is 33.1. The fourth-order valence-electron chi connectivity index (χ4n) is 7.99. The van der Waals surface area contributed by atoms with Gasteiger partial charge in [-0.15, -0.1) is 0 Å². The number of esters is 2. The number of carbonyl (C=O) groups excluding carboxylic acids is 2. The maximum absolute atomic E-state index is 13.5. The Bertz CT molecular complexity index is 2530. The lowest BCUT2D eigenvalue weighted by Gasteiger charge is -2.37. The summed E-state index contributed by atoms with van der Waals surface area (Å²) in [7, 11) is 7.85. The number of hydrogen-bond donors (Lipinski definition) is 2. The van der Waals surface area contributed by atoms with Gasteiger partial charge in [0.25, 0.3) is 0 Å². The molecule has 9 nitrogen and oxygen atoms in total. The molecular weight excluding hydrogens is 679 g/mol. The third-order valence-corrected chi connectivity index (χ3v) is 10.8. The van der Waals surface area contributed by atoms with Crippen molar-refractivity contribution in [3.05, 3.63) is 171 Å². The molecule has 0 saturated carbocycles. The van der Waals surface area contributed by atoms with E-state index in [2.05, 4.69) is 5.32 Å². The van der Waals surface area contributed by atoms with Crippen LogP contribution in [0.3, 0.4) is 0 Å². The minimum atomic E-state index is -1.24. The highest BCUT2D eigenvalue weighted by Gasteiger charge is 2.54. The third kappa shape index (κ3) is 4.78. The molecule has 3 aliphatic heterocycles. The van der Waals surface area contributed by atoms with Gasteiger partial charge in [0.05, 0.1) is 11.1 Å². The van der Waals surface area contributed by atoms with E-state index in [4.69, 9.17) is 14.2 Å². The highest BCUT2D eigenvalue weighted by molar-refractivity contribution is 5.98. The van der Waals surface area contributed by atoms with Gasteiger partial charge in [0.1, 0.15) is 17.2 Å². The Morgan fingerprint density at radius 1 is 0.574 bits per heavy atom. The quantitative estimate of drug-likeness (QED) is 0.164. The van der Waals surface area contributed by atoms with Crippen molar-refractivity contribution < 1.29 is 28.9 Å². The molecule has 2 atom stereocenters. The predicted octanol–water partition coefficient (Wildman–Crippen LogP) is 8.61. The summed E-state index contributed by atoms with van der Waals surface area (Å²) in [5, 5.41) is 13.7. The SMILES string of the molecule is Cc1cc2c(cc1Nc1ccc(C3(c4ccc(O)cc4)OC(=O)c4ccc(N(C)C)cc43)cc1)C1(OC(=O)c3ccccc31)c1ccc(N(C)C)cc1O2. The lowest BCUT2D eigenvalue weighted by molar-refractivity contribution is 0.0221. The van der Waals surface area contributed by atoms with Crippen molar-refractivity contribution in [1.29, 1.82) is 0 Å². The summed E-state index contributed by atoms with van der Waals surface area (Å²) in [5.41, 5.74) is 7.39. The van der Waals surface area contributed by atoms with E-state index in [1.807, 2.05) is 130 Å². The van der Waals surface area contributed by atoms with E-state index in [1.54, 1.807) is 36.4 Å². The van der Waals surface area contributed by atoms with Gasteiger partial charge in [-0.05, 0) is 85.3 Å². The van der Waals surface area contributed by atoms with Crippen LogP contribution in [0.1, 0.15) is 59.7 Å². The normalized spacial score (nSPS) is 18.8. The second-order valence-electron chi connectivity index (χ2n) is 14.4. The van der Waals surface area contributed by atoms with Crippen LogP contribution in [0.5, 0.6) is 17.2 Å². The average Bonchev–Trinajstić information content (AvgIpc) is 3.63. The maximum Gasteiger partial charge on any atom is 0.340 e. The van der Waals surface area contributed by atoms with Crippen LogP contribution >= 0.6 is 0 Å². The van der Waals surface area contributed by atoms with E-state index in [1.165, 1.54) is 0 Å². The van der Waals surface area contributed by atoms with Gasteiger partial charge >= 0.3 is 11.9 Å². The Morgan fingerprint density at radius 3 is 1.87 bits per heavy atom. The van der Waals surface area contributed by atoms with Crippen LogP contribution in [0.15, 0.2) is 121 Å². The fourth-order valence-corrected chi connectivity index (χ4v) is 7.99. The molecule has 0 saturated heterocycles. The molecule has 54 heavy (non-hydrogen) atoms. The number of anilines is 4. The summed E-state index contributed by atoms with van der Waals surface area (Å²) in [5.74, 6) is 0.547. The molecule has 0 aliphatic carbocycles. The Hall–Kier alpha value is -6.74. The molecule has 2 N–H and O–H groups in total. The van der Waals surface area contributed by atoms with Crippen molar-refractivity contribution in [3.8, 4) is 17.2 Å². The molecule has 6 aromatic rings. The molecule has 9 heteroatoms. The van der Waals surface area contributed by atoms with Crippen molar-refractivity contribution in [1.82, 2.24) is 0 Å². The number of cyclic esters (lactones) is 1. The number of aryl methyl sites for hydroxylation is 1. The number of rotatable bonds is 6. The number of phenolic OH excluding ortho intramolecular Hbond substituents is 1. The highest BCUT2D eigenvalue weighted by Crippen LogP contribution is 2.57. The predicted molar refractivity (Wildman–Crippen MR) is 208 cm³/mol. The third-order valence-electron chi connectivity index (χ3n) is 10.8. The zero-order valence-electron chi connectivity index (χ0n) is 30.4. The van der Waals surface area contributed by atoms with Gasteiger partial charge in [-0.3, -0.25) is 0 Å². The lowest BCUT2D eigenvalue weighted by Crippen LogP contribution is -2.33. The minimum Gasteiger partial charge on any atom is -0.508 e. The van der Waals surface area contributed by atoms with Crippen LogP contribution in [0.25, 0.3) is 0 Å². The Morgan fingerprint density at radius 2 is 1.17 bits per heavy atom. The zero-order valence-corrected chi connectivity index (χ0v) is 30.4. The monoisotopic (exact) mass is 715 g/mol. The van der Waals surface area contributed by atoms with Crippen LogP contribution < -0.4 is 19.9 Å². The van der Waals surface area contributed by atoms with Gasteiger partial charge in [0.2, 0.25) is 0 Å². The van der Waals surface area contributed by atoms with Gasteiger partial charge < -0.3 is 34.4 Å². The number of carbonyl (C=O) groups is 2. The summed E-state index contributed by atoms with van der Waals surface area (Å²) in [6, 6.07) is 37.7. The smallest absolute Gasteiger partial charge is 0.340 e. The number of fused-ring (bicyclic) bond motifs is 7. The van der Waals surface area contributed by atoms with Gasteiger partial charge in [-0.25, -0.2) is 9.59 Å². The lowest BCUT2D eigenvalue weighted by atomic mass is 9.77. The Balaban J connectivity index is 1.14. The van der Waals surface area contributed by atoms with Crippen LogP contribution in [-0.2, 0) is 20.7 Å². The van der Waals surface area contributed by atoms with Crippen molar-refractivity contribution >= 4 is 34.7 Å². The average molecular weight is 716 g/mol. The Kier molecular flexibility index (Phi) is 7.29. The molecule has 9 rings (SSSR count). The largest absolute Gasteiger partial charge is 0.508 e. The molecule has 0 aromatic heterocycles. The second-order valence-corrected chi connectivity index (χ2v) is 14.4. The zero-order chi connectivity index (χ0) is 37.5. The number of ether oxygens (including phenoxy) is 3. The van der Waals surface area contributed by atoms with Crippen LogP contribution in [-0.4, -0.2) is 45.2 Å². The van der Waals surface area contributed by atoms with Crippen molar-refractivity contribution in [2.45, 2.75) is 18.1 Å². The summed E-state index contributed by atoms with van der Waals surface area (Å²) in [6.45, 7) is 2.00. The molecule has 0 amide bonds. The molecule has 0 fully saturated rings. The Labute approximate surface area is 313 Å². The van der Waals surface area contributed by atoms with Gasteiger partial charge in [0, 0.05) is 90.4 Å². The van der Waals surface area contributed by atoms with Crippen LogP contribution in [0, 0.1) is 6.92 Å². The van der Waals surface area contributed by atoms with E-state index in [-0.39, 0.29) is 11.7 Å². The van der Waals surface area contributed by atoms with Crippen LogP contribution in [0.4, 0.5) is 22.7 Å². The molecule has 3 heterocycles. The van der Waals surface area contributed by atoms with Crippen molar-refractivity contribution in [2.24, 2.45) is 0 Å². The number of benzene rings is 6. The number of hydrogen-bond acceptors (Lipinski definition) is 9. The highest BCUT2D eigenvalue weighted by atomic mass is 16.6. The van der Waals surface area contributed by atoms with E-state index in [9.17, 15) is 14.7 Å². The summed E-state index contributed by atoms with van der Waals surface area (Å²) < 4.78 is 19.3. The molecule has 0 bridgehead atoms. The van der Waals surface area contributed by atoms with Gasteiger partial charge in [0.15, 0.2) is 11.2 Å². The number of nitrogens with zero attached hydrogens (tertiary/aromatic N) is 2. The topological polar surface area (TPSA) is 101 Å². The van der Waals surface area contributed by atoms with Crippen molar-refractivity contribution in [2.75, 3.05) is 43.3 Å². The summed E-state index contributed by atoms with van der Waals surface area (Å²) >= 11 is 0. The molecule has 1 spiro atoms. The van der Waals surface area contributed by atoms with E-state index >= 15 is 0 Å².